The molecule has 9 heteroatoms. The van der Waals surface area contributed by atoms with E-state index in [2.05, 4.69) is 5.32 Å². The summed E-state index contributed by atoms with van der Waals surface area (Å²) in [6, 6.07) is 5.53. The fourth-order valence-corrected chi connectivity index (χ4v) is 5.03. The van der Waals surface area contributed by atoms with Gasteiger partial charge in [-0.3, -0.25) is 14.9 Å². The molecule has 7 nitrogen and oxygen atoms in total. The average molecular weight is 475 g/mol. The van der Waals surface area contributed by atoms with Crippen molar-refractivity contribution in [1.29, 1.82) is 0 Å². The van der Waals surface area contributed by atoms with Crippen molar-refractivity contribution in [1.82, 2.24) is 5.32 Å². The van der Waals surface area contributed by atoms with Gasteiger partial charge in [-0.15, -0.1) is 0 Å². The lowest BCUT2D eigenvalue weighted by Gasteiger charge is -2.51. The number of hydrogen-bond donors (Lipinski definition) is 2. The van der Waals surface area contributed by atoms with Gasteiger partial charge in [-0.1, -0.05) is 52.2 Å². The Hall–Kier alpha value is -3.36. The van der Waals surface area contributed by atoms with E-state index in [0.29, 0.717) is 12.8 Å². The second-order valence-corrected chi connectivity index (χ2v) is 9.83. The van der Waals surface area contributed by atoms with Crippen LogP contribution in [0.5, 0.6) is 0 Å². The van der Waals surface area contributed by atoms with Gasteiger partial charge in [-0.25, -0.2) is 13.6 Å². The van der Waals surface area contributed by atoms with Crippen molar-refractivity contribution in [2.45, 2.75) is 58.9 Å². The predicted molar refractivity (Wildman–Crippen MR) is 122 cm³/mol. The van der Waals surface area contributed by atoms with E-state index in [0.717, 1.165) is 37.5 Å². The molecular formula is C25H28F2N2O5. The molecule has 1 fully saturated rings. The van der Waals surface area contributed by atoms with Crippen molar-refractivity contribution in [2.75, 3.05) is 0 Å². The lowest BCUT2D eigenvalue weighted by atomic mass is 9.55. The van der Waals surface area contributed by atoms with E-state index < -0.39 is 51.0 Å². The van der Waals surface area contributed by atoms with Crippen LogP contribution in [0.15, 0.2) is 36.4 Å². The summed E-state index contributed by atoms with van der Waals surface area (Å²) in [6.07, 6.45) is 3.88. The van der Waals surface area contributed by atoms with Gasteiger partial charge in [-0.05, 0) is 47.6 Å². The highest BCUT2D eigenvalue weighted by Gasteiger charge is 2.52. The summed E-state index contributed by atoms with van der Waals surface area (Å²) in [7, 11) is 0. The smallest absolute Gasteiger partial charge is 0.326 e. The number of aliphatic carboxylic acids is 1. The highest BCUT2D eigenvalue weighted by atomic mass is 19.2. The maximum absolute atomic E-state index is 13.6. The number of nitrogens with zero attached hydrogens (tertiary/aromatic N) is 1. The maximum Gasteiger partial charge on any atom is 0.326 e. The number of rotatable bonds is 6. The van der Waals surface area contributed by atoms with Crippen LogP contribution in [0.4, 0.5) is 14.5 Å². The van der Waals surface area contributed by atoms with Crippen molar-refractivity contribution in [3.05, 3.63) is 63.7 Å². The van der Waals surface area contributed by atoms with Crippen LogP contribution in [0.3, 0.4) is 0 Å². The molecule has 182 valence electrons. The lowest BCUT2D eigenvalue weighted by Crippen LogP contribution is -2.58. The van der Waals surface area contributed by atoms with Gasteiger partial charge in [0.1, 0.15) is 11.6 Å². The summed E-state index contributed by atoms with van der Waals surface area (Å²) in [5.41, 5.74) is -1.60. The Labute approximate surface area is 196 Å². The minimum Gasteiger partial charge on any atom is -0.480 e. The number of halogens is 2. The summed E-state index contributed by atoms with van der Waals surface area (Å²) >= 11 is 0. The minimum absolute atomic E-state index is 0.200. The summed E-state index contributed by atoms with van der Waals surface area (Å²) < 4.78 is 26.9. The van der Waals surface area contributed by atoms with E-state index in [9.17, 15) is 33.6 Å². The Kier molecular flexibility index (Phi) is 7.05. The third kappa shape index (κ3) is 4.78. The zero-order valence-corrected chi connectivity index (χ0v) is 19.4. The highest BCUT2D eigenvalue weighted by molar-refractivity contribution is 6.00. The average Bonchev–Trinajstić information content (AvgIpc) is 2.78. The van der Waals surface area contributed by atoms with Gasteiger partial charge in [0, 0.05) is 11.5 Å². The Morgan fingerprint density at radius 3 is 2.15 bits per heavy atom. The van der Waals surface area contributed by atoms with Gasteiger partial charge in [0.25, 0.3) is 11.6 Å². The van der Waals surface area contributed by atoms with Gasteiger partial charge in [0.2, 0.25) is 0 Å². The van der Waals surface area contributed by atoms with E-state index in [4.69, 9.17) is 0 Å². The lowest BCUT2D eigenvalue weighted by molar-refractivity contribution is -0.385. The highest BCUT2D eigenvalue weighted by Crippen LogP contribution is 2.52. The van der Waals surface area contributed by atoms with Crippen LogP contribution in [-0.4, -0.2) is 27.9 Å². The van der Waals surface area contributed by atoms with E-state index >= 15 is 0 Å². The van der Waals surface area contributed by atoms with E-state index in [1.54, 1.807) is 0 Å². The topological polar surface area (TPSA) is 110 Å². The Bertz CT molecular complexity index is 1120. The molecule has 0 spiro atoms. The van der Waals surface area contributed by atoms with Gasteiger partial charge >= 0.3 is 5.97 Å². The van der Waals surface area contributed by atoms with Gasteiger partial charge in [0.05, 0.1) is 4.92 Å². The first-order valence-electron chi connectivity index (χ1n) is 11.1. The molecule has 0 heterocycles. The molecule has 1 amide bonds. The molecule has 0 aromatic heterocycles. The number of carboxylic acids is 1. The number of nitro benzene ring substituents is 1. The third-order valence-corrected chi connectivity index (χ3v) is 7.01. The summed E-state index contributed by atoms with van der Waals surface area (Å²) in [5, 5.41) is 24.4. The second kappa shape index (κ2) is 9.48. The Morgan fingerprint density at radius 2 is 1.62 bits per heavy atom. The molecular weight excluding hydrogens is 446 g/mol. The summed E-state index contributed by atoms with van der Waals surface area (Å²) in [5.74, 6) is -4.22. The zero-order valence-electron chi connectivity index (χ0n) is 19.4. The second-order valence-electron chi connectivity index (χ2n) is 9.83. The molecule has 1 aliphatic rings. The standard InChI is InChI=1S/C25H28F2N2O5/c1-24(2,3)25(11-5-4-6-12-25)21(23(31)32)28-22(30)17-9-7-16(14-20(17)29(33)34)15-8-10-18(26)19(27)13-15/h7-10,13-14,21H,4-6,11-12H2,1-3H3,(H,28,30)(H,31,32)/t21-/m1/s1. The van der Waals surface area contributed by atoms with Crippen molar-refractivity contribution in [3.8, 4) is 11.1 Å². The predicted octanol–water partition coefficient (Wildman–Crippen LogP) is 5.72. The fourth-order valence-electron chi connectivity index (χ4n) is 5.03. The quantitative estimate of drug-likeness (QED) is 0.411. The number of benzene rings is 2. The monoisotopic (exact) mass is 474 g/mol. The summed E-state index contributed by atoms with van der Waals surface area (Å²) in [4.78, 5) is 36.5. The first-order chi connectivity index (χ1) is 15.9. The number of carbonyl (C=O) groups is 2. The number of nitrogens with one attached hydrogen (secondary N) is 1. The van der Waals surface area contributed by atoms with E-state index in [-0.39, 0.29) is 16.7 Å². The summed E-state index contributed by atoms with van der Waals surface area (Å²) in [6.45, 7) is 5.83. The fraction of sp³-hybridized carbons (Fsp3) is 0.440. The number of hydrogen-bond acceptors (Lipinski definition) is 4. The van der Waals surface area contributed by atoms with Crippen LogP contribution in [-0.2, 0) is 4.79 Å². The third-order valence-electron chi connectivity index (χ3n) is 7.01. The van der Waals surface area contributed by atoms with Crippen molar-refractivity contribution in [2.24, 2.45) is 10.8 Å². The van der Waals surface area contributed by atoms with Crippen LogP contribution in [0.1, 0.15) is 63.2 Å². The number of carbonyl (C=O) groups excluding carboxylic acids is 1. The molecule has 0 aliphatic heterocycles. The first kappa shape index (κ1) is 25.3. The first-order valence-corrected chi connectivity index (χ1v) is 11.1. The number of nitro groups is 1. The molecule has 2 aromatic rings. The van der Waals surface area contributed by atoms with Crippen LogP contribution in [0.2, 0.25) is 0 Å². The molecule has 2 aromatic carbocycles. The van der Waals surface area contributed by atoms with Crippen LogP contribution in [0, 0.1) is 32.6 Å². The minimum atomic E-state index is -1.23. The molecule has 0 saturated heterocycles. The molecule has 0 unspecified atom stereocenters. The van der Waals surface area contributed by atoms with Gasteiger partial charge in [0.15, 0.2) is 11.6 Å². The molecule has 34 heavy (non-hydrogen) atoms. The van der Waals surface area contributed by atoms with E-state index in [1.165, 1.54) is 18.2 Å². The molecule has 1 aliphatic carbocycles. The van der Waals surface area contributed by atoms with Gasteiger partial charge < -0.3 is 10.4 Å². The molecule has 0 radical (unpaired) electrons. The Balaban J connectivity index is 1.99. The van der Waals surface area contributed by atoms with Crippen LogP contribution >= 0.6 is 0 Å². The normalized spacial score (nSPS) is 16.5. The van der Waals surface area contributed by atoms with Crippen molar-refractivity contribution >= 4 is 17.6 Å². The zero-order chi connectivity index (χ0) is 25.3. The maximum atomic E-state index is 13.6. The van der Waals surface area contributed by atoms with Gasteiger partial charge in [-0.2, -0.15) is 0 Å². The number of amides is 1. The largest absolute Gasteiger partial charge is 0.480 e. The number of carboxylic acid groups (broad SMARTS) is 1. The van der Waals surface area contributed by atoms with Crippen LogP contribution in [0.25, 0.3) is 11.1 Å². The molecule has 1 saturated carbocycles. The molecule has 0 bridgehead atoms. The molecule has 3 rings (SSSR count). The van der Waals surface area contributed by atoms with Crippen molar-refractivity contribution < 1.29 is 28.4 Å². The molecule has 2 N–H and O–H groups in total. The SMILES string of the molecule is CC(C)(C)C1([C@H](NC(=O)c2ccc(-c3ccc(F)c(F)c3)cc2[N+](=O)[O-])C(=O)O)CCCCC1. The Morgan fingerprint density at radius 1 is 1.03 bits per heavy atom. The molecule has 1 atom stereocenters. The van der Waals surface area contributed by atoms with E-state index in [1.807, 2.05) is 20.8 Å². The van der Waals surface area contributed by atoms with Crippen LogP contribution < -0.4 is 5.32 Å². The van der Waals surface area contributed by atoms with Crippen molar-refractivity contribution in [3.63, 3.8) is 0 Å².